The molecule has 0 aliphatic heterocycles. The second-order valence-electron chi connectivity index (χ2n) is 5.29. The minimum atomic E-state index is -0.0883. The van der Waals surface area contributed by atoms with E-state index in [-0.39, 0.29) is 11.8 Å². The second kappa shape index (κ2) is 7.08. The zero-order valence-corrected chi connectivity index (χ0v) is 11.9. The molecule has 1 aliphatic rings. The molecule has 2 N–H and O–H groups in total. The SMILES string of the molecule is CCCNC(=O)c1ccc(C(=O)NC2CCCC2)cc1. The lowest BCUT2D eigenvalue weighted by Crippen LogP contribution is -2.32. The van der Waals surface area contributed by atoms with Gasteiger partial charge in [-0.3, -0.25) is 9.59 Å². The minimum absolute atomic E-state index is 0.0441. The summed E-state index contributed by atoms with van der Waals surface area (Å²) in [6.45, 7) is 2.68. The van der Waals surface area contributed by atoms with Crippen LogP contribution in [0.25, 0.3) is 0 Å². The summed E-state index contributed by atoms with van der Waals surface area (Å²) in [5, 5.41) is 5.86. The van der Waals surface area contributed by atoms with Crippen molar-refractivity contribution >= 4 is 11.8 Å². The van der Waals surface area contributed by atoms with Crippen molar-refractivity contribution in [3.63, 3.8) is 0 Å². The fourth-order valence-corrected chi connectivity index (χ4v) is 2.45. The average Bonchev–Trinajstić information content (AvgIpc) is 2.97. The Morgan fingerprint density at radius 2 is 1.60 bits per heavy atom. The van der Waals surface area contributed by atoms with Gasteiger partial charge in [0.1, 0.15) is 0 Å². The number of nitrogens with one attached hydrogen (secondary N) is 2. The first kappa shape index (κ1) is 14.6. The molecule has 1 fully saturated rings. The van der Waals surface area contributed by atoms with Crippen LogP contribution in [-0.2, 0) is 0 Å². The van der Waals surface area contributed by atoms with Gasteiger partial charge in [0.25, 0.3) is 11.8 Å². The first-order valence-corrected chi connectivity index (χ1v) is 7.40. The highest BCUT2D eigenvalue weighted by Gasteiger charge is 2.18. The summed E-state index contributed by atoms with van der Waals surface area (Å²) >= 11 is 0. The van der Waals surface area contributed by atoms with Crippen molar-refractivity contribution in [2.75, 3.05) is 6.54 Å². The van der Waals surface area contributed by atoms with Crippen LogP contribution < -0.4 is 10.6 Å². The zero-order valence-electron chi connectivity index (χ0n) is 11.9. The van der Waals surface area contributed by atoms with Crippen LogP contribution in [0, 0.1) is 0 Å². The highest BCUT2D eigenvalue weighted by molar-refractivity contribution is 5.97. The van der Waals surface area contributed by atoms with E-state index < -0.39 is 0 Å². The fraction of sp³-hybridized carbons (Fsp3) is 0.500. The van der Waals surface area contributed by atoms with Gasteiger partial charge in [-0.25, -0.2) is 0 Å². The molecule has 0 atom stereocenters. The minimum Gasteiger partial charge on any atom is -0.352 e. The van der Waals surface area contributed by atoms with Crippen LogP contribution in [-0.4, -0.2) is 24.4 Å². The fourth-order valence-electron chi connectivity index (χ4n) is 2.45. The van der Waals surface area contributed by atoms with Gasteiger partial charge in [-0.1, -0.05) is 19.8 Å². The predicted octanol–water partition coefficient (Wildman–Crippen LogP) is 2.50. The molecule has 1 aliphatic carbocycles. The number of hydrogen-bond donors (Lipinski definition) is 2. The molecule has 0 spiro atoms. The molecular weight excluding hydrogens is 252 g/mol. The summed E-state index contributed by atoms with van der Waals surface area (Å²) in [7, 11) is 0. The second-order valence-corrected chi connectivity index (χ2v) is 5.29. The van der Waals surface area contributed by atoms with E-state index in [1.807, 2.05) is 6.92 Å². The first-order valence-electron chi connectivity index (χ1n) is 7.40. The van der Waals surface area contributed by atoms with E-state index in [4.69, 9.17) is 0 Å². The number of rotatable bonds is 5. The summed E-state index contributed by atoms with van der Waals surface area (Å²) in [4.78, 5) is 23.8. The summed E-state index contributed by atoms with van der Waals surface area (Å²) in [5.41, 5.74) is 1.21. The van der Waals surface area contributed by atoms with Crippen LogP contribution in [0.2, 0.25) is 0 Å². The molecule has 0 bridgehead atoms. The van der Waals surface area contributed by atoms with Gasteiger partial charge in [-0.2, -0.15) is 0 Å². The van der Waals surface area contributed by atoms with E-state index in [0.29, 0.717) is 23.7 Å². The summed E-state index contributed by atoms with van der Waals surface area (Å²) in [6, 6.07) is 7.15. The number of carbonyl (C=O) groups excluding carboxylic acids is 2. The van der Waals surface area contributed by atoms with Gasteiger partial charge >= 0.3 is 0 Å². The maximum atomic E-state index is 12.0. The monoisotopic (exact) mass is 274 g/mol. The normalized spacial score (nSPS) is 15.1. The zero-order chi connectivity index (χ0) is 14.4. The standard InChI is InChI=1S/C16H22N2O2/c1-2-11-17-15(19)12-7-9-13(10-8-12)16(20)18-14-5-3-4-6-14/h7-10,14H,2-6,11H2,1H3,(H,17,19)(H,18,20). The van der Waals surface area contributed by atoms with Crippen molar-refractivity contribution in [2.24, 2.45) is 0 Å². The Morgan fingerprint density at radius 1 is 1.05 bits per heavy atom. The van der Waals surface area contributed by atoms with Crippen molar-refractivity contribution in [3.05, 3.63) is 35.4 Å². The molecule has 0 aromatic heterocycles. The Hall–Kier alpha value is -1.84. The van der Waals surface area contributed by atoms with Crippen molar-refractivity contribution in [2.45, 2.75) is 45.1 Å². The Balaban J connectivity index is 1.93. The molecule has 1 aromatic rings. The predicted molar refractivity (Wildman–Crippen MR) is 78.8 cm³/mol. The van der Waals surface area contributed by atoms with Crippen LogP contribution in [0.3, 0.4) is 0 Å². The van der Waals surface area contributed by atoms with Crippen molar-refractivity contribution in [1.82, 2.24) is 10.6 Å². The molecule has 2 rings (SSSR count). The molecule has 1 aromatic carbocycles. The van der Waals surface area contributed by atoms with Gasteiger partial charge < -0.3 is 10.6 Å². The summed E-state index contributed by atoms with van der Waals surface area (Å²) < 4.78 is 0. The number of amides is 2. The van der Waals surface area contributed by atoms with E-state index in [9.17, 15) is 9.59 Å². The Labute approximate surface area is 119 Å². The Bertz CT molecular complexity index is 462. The molecule has 0 heterocycles. The quantitative estimate of drug-likeness (QED) is 0.866. The molecule has 20 heavy (non-hydrogen) atoms. The molecule has 0 unspecified atom stereocenters. The third-order valence-corrected chi connectivity index (χ3v) is 3.64. The topological polar surface area (TPSA) is 58.2 Å². The van der Waals surface area contributed by atoms with Gasteiger partial charge in [0.2, 0.25) is 0 Å². The molecule has 1 saturated carbocycles. The van der Waals surface area contributed by atoms with Gasteiger partial charge in [0, 0.05) is 23.7 Å². The average molecular weight is 274 g/mol. The van der Waals surface area contributed by atoms with Crippen LogP contribution in [0.1, 0.15) is 59.7 Å². The molecular formula is C16H22N2O2. The van der Waals surface area contributed by atoms with Crippen LogP contribution >= 0.6 is 0 Å². The number of carbonyl (C=O) groups is 2. The summed E-state index contributed by atoms with van der Waals surface area (Å²) in [6.07, 6.45) is 5.45. The molecule has 2 amide bonds. The highest BCUT2D eigenvalue weighted by Crippen LogP contribution is 2.18. The smallest absolute Gasteiger partial charge is 0.251 e. The van der Waals surface area contributed by atoms with E-state index in [0.717, 1.165) is 19.3 Å². The van der Waals surface area contributed by atoms with Gasteiger partial charge in [0.05, 0.1) is 0 Å². The third kappa shape index (κ3) is 3.83. The van der Waals surface area contributed by atoms with Crippen molar-refractivity contribution in [1.29, 1.82) is 0 Å². The van der Waals surface area contributed by atoms with Gasteiger partial charge in [-0.05, 0) is 43.5 Å². The summed E-state index contributed by atoms with van der Waals surface area (Å²) in [5.74, 6) is -0.132. The van der Waals surface area contributed by atoms with Gasteiger partial charge in [-0.15, -0.1) is 0 Å². The number of benzene rings is 1. The lowest BCUT2D eigenvalue weighted by atomic mass is 10.1. The van der Waals surface area contributed by atoms with Crippen molar-refractivity contribution < 1.29 is 9.59 Å². The lowest BCUT2D eigenvalue weighted by Gasteiger charge is -2.12. The third-order valence-electron chi connectivity index (χ3n) is 3.64. The van der Waals surface area contributed by atoms with Crippen LogP contribution in [0.5, 0.6) is 0 Å². The van der Waals surface area contributed by atoms with Crippen LogP contribution in [0.4, 0.5) is 0 Å². The number of hydrogen-bond acceptors (Lipinski definition) is 2. The molecule has 0 saturated heterocycles. The Kier molecular flexibility index (Phi) is 5.16. The van der Waals surface area contributed by atoms with E-state index in [1.165, 1.54) is 12.8 Å². The largest absolute Gasteiger partial charge is 0.352 e. The molecule has 4 heteroatoms. The van der Waals surface area contributed by atoms with Gasteiger partial charge in [0.15, 0.2) is 0 Å². The maximum absolute atomic E-state index is 12.0. The lowest BCUT2D eigenvalue weighted by molar-refractivity contribution is 0.0931. The maximum Gasteiger partial charge on any atom is 0.251 e. The molecule has 0 radical (unpaired) electrons. The highest BCUT2D eigenvalue weighted by atomic mass is 16.2. The van der Waals surface area contributed by atoms with E-state index >= 15 is 0 Å². The molecule has 108 valence electrons. The van der Waals surface area contributed by atoms with E-state index in [2.05, 4.69) is 10.6 Å². The first-order chi connectivity index (χ1) is 9.70. The Morgan fingerprint density at radius 3 is 2.15 bits per heavy atom. The van der Waals surface area contributed by atoms with E-state index in [1.54, 1.807) is 24.3 Å². The van der Waals surface area contributed by atoms with Crippen molar-refractivity contribution in [3.8, 4) is 0 Å². The molecule has 4 nitrogen and oxygen atoms in total. The van der Waals surface area contributed by atoms with Crippen LogP contribution in [0.15, 0.2) is 24.3 Å².